The van der Waals surface area contributed by atoms with E-state index in [1.54, 1.807) is 0 Å². The van der Waals surface area contributed by atoms with Gasteiger partial charge in [-0.1, -0.05) is 103 Å². The fraction of sp³-hybridized carbons (Fsp3) is 0.0286. The fourth-order valence-electron chi connectivity index (χ4n) is 4.97. The second kappa shape index (κ2) is 9.92. The molecule has 0 bridgehead atoms. The Balaban J connectivity index is 1.29. The molecular weight excluding hydrogens is 478 g/mol. The quantitative estimate of drug-likeness (QED) is 0.257. The van der Waals surface area contributed by atoms with Crippen molar-refractivity contribution in [2.45, 2.75) is 6.04 Å². The molecule has 0 amide bonds. The van der Waals surface area contributed by atoms with E-state index in [-0.39, 0.29) is 6.04 Å². The Hall–Kier alpha value is -5.22. The molecule has 1 atom stereocenters. The summed E-state index contributed by atoms with van der Waals surface area (Å²) in [6, 6.07) is 45.5. The topological polar surface area (TPSA) is 50.4 Å². The van der Waals surface area contributed by atoms with E-state index >= 15 is 0 Å². The highest BCUT2D eigenvalue weighted by atomic mass is 16.3. The van der Waals surface area contributed by atoms with E-state index in [2.05, 4.69) is 84.2 Å². The molecule has 6 aromatic rings. The molecular formula is C35H25N3O. The van der Waals surface area contributed by atoms with Crippen LogP contribution >= 0.6 is 0 Å². The highest BCUT2D eigenvalue weighted by Gasteiger charge is 2.21. The first-order chi connectivity index (χ1) is 19.3. The lowest BCUT2D eigenvalue weighted by atomic mass is 9.96. The molecule has 7 rings (SSSR count). The van der Waals surface area contributed by atoms with Crippen molar-refractivity contribution in [3.05, 3.63) is 156 Å². The number of rotatable bonds is 5. The molecule has 1 aliphatic rings. The van der Waals surface area contributed by atoms with Crippen LogP contribution in [0.2, 0.25) is 0 Å². The molecule has 5 aromatic carbocycles. The van der Waals surface area contributed by atoms with Crippen molar-refractivity contribution in [2.24, 2.45) is 4.99 Å². The van der Waals surface area contributed by atoms with Crippen molar-refractivity contribution < 1.29 is 4.42 Å². The molecule has 0 saturated heterocycles. The van der Waals surface area contributed by atoms with Crippen LogP contribution in [0.15, 0.2) is 149 Å². The van der Waals surface area contributed by atoms with Crippen LogP contribution in [0.3, 0.4) is 0 Å². The van der Waals surface area contributed by atoms with Crippen LogP contribution in [0.1, 0.15) is 22.7 Å². The van der Waals surface area contributed by atoms with Gasteiger partial charge in [-0.3, -0.25) is 0 Å². The Kier molecular flexibility index (Phi) is 5.83. The lowest BCUT2D eigenvalue weighted by molar-refractivity contribution is 0.620. The van der Waals surface area contributed by atoms with Crippen LogP contribution in [0, 0.1) is 0 Å². The number of nitrogens with one attached hydrogen (secondary N) is 1. The standard InChI is InChI=1S/C35H25N3O/c1-3-11-24(12-4-1)26-15-9-16-27(21-26)32-23-31(25-13-5-2-6-14-25)36-34(37-32)28-17-10-18-29(22-28)35-38-30-19-7-8-20-33(30)39-35/h1-23,32H,(H,36,37). The normalized spacial score (nSPS) is 14.9. The number of aliphatic imine (C=N–C) groups is 1. The van der Waals surface area contributed by atoms with Gasteiger partial charge in [0.1, 0.15) is 11.4 Å². The highest BCUT2D eigenvalue weighted by molar-refractivity contribution is 6.04. The number of aromatic nitrogens is 1. The Morgan fingerprint density at radius 1 is 0.564 bits per heavy atom. The molecule has 4 heteroatoms. The highest BCUT2D eigenvalue weighted by Crippen LogP contribution is 2.31. The first-order valence-corrected chi connectivity index (χ1v) is 13.0. The van der Waals surface area contributed by atoms with Crippen molar-refractivity contribution in [1.29, 1.82) is 0 Å². The van der Waals surface area contributed by atoms with Crippen LogP contribution in [-0.4, -0.2) is 10.8 Å². The zero-order chi connectivity index (χ0) is 26.0. The minimum Gasteiger partial charge on any atom is -0.436 e. The van der Waals surface area contributed by atoms with Gasteiger partial charge in [0.15, 0.2) is 5.58 Å². The Bertz CT molecular complexity index is 1800. The number of nitrogens with zero attached hydrogens (tertiary/aromatic N) is 2. The monoisotopic (exact) mass is 503 g/mol. The van der Waals surface area contributed by atoms with Crippen LogP contribution in [0.5, 0.6) is 0 Å². The predicted octanol–water partition coefficient (Wildman–Crippen LogP) is 8.29. The number of benzene rings is 5. The molecule has 0 spiro atoms. The maximum absolute atomic E-state index is 6.05. The number of oxazole rings is 1. The number of amidine groups is 1. The summed E-state index contributed by atoms with van der Waals surface area (Å²) in [4.78, 5) is 9.77. The minimum atomic E-state index is -0.0515. The second-order valence-corrected chi connectivity index (χ2v) is 9.56. The van der Waals surface area contributed by atoms with Crippen molar-refractivity contribution in [3.8, 4) is 22.6 Å². The summed E-state index contributed by atoms with van der Waals surface area (Å²) in [6.45, 7) is 0. The van der Waals surface area contributed by atoms with Crippen molar-refractivity contribution in [1.82, 2.24) is 10.3 Å². The fourth-order valence-corrected chi connectivity index (χ4v) is 4.97. The molecule has 0 radical (unpaired) electrons. The van der Waals surface area contributed by atoms with Crippen molar-refractivity contribution >= 4 is 22.6 Å². The van der Waals surface area contributed by atoms with Gasteiger partial charge in [0.2, 0.25) is 5.89 Å². The zero-order valence-electron chi connectivity index (χ0n) is 21.2. The zero-order valence-corrected chi connectivity index (χ0v) is 21.2. The summed E-state index contributed by atoms with van der Waals surface area (Å²) in [5.74, 6) is 1.41. The Morgan fingerprint density at radius 2 is 1.23 bits per heavy atom. The Morgan fingerprint density at radius 3 is 2.05 bits per heavy atom. The van der Waals surface area contributed by atoms with E-state index in [9.17, 15) is 0 Å². The smallest absolute Gasteiger partial charge is 0.227 e. The predicted molar refractivity (Wildman–Crippen MR) is 158 cm³/mol. The van der Waals surface area contributed by atoms with Gasteiger partial charge in [-0.15, -0.1) is 0 Å². The largest absolute Gasteiger partial charge is 0.436 e. The van der Waals surface area contributed by atoms with Gasteiger partial charge in [-0.05, 0) is 58.7 Å². The van der Waals surface area contributed by atoms with E-state index in [1.807, 2.05) is 60.7 Å². The lowest BCUT2D eigenvalue weighted by Gasteiger charge is -2.25. The second-order valence-electron chi connectivity index (χ2n) is 9.56. The van der Waals surface area contributed by atoms with Gasteiger partial charge < -0.3 is 9.73 Å². The number of hydrogen-bond acceptors (Lipinski definition) is 4. The van der Waals surface area contributed by atoms with Gasteiger partial charge >= 0.3 is 0 Å². The van der Waals surface area contributed by atoms with Crippen LogP contribution in [0.4, 0.5) is 0 Å². The third kappa shape index (κ3) is 4.64. The van der Waals surface area contributed by atoms with Gasteiger partial charge in [-0.2, -0.15) is 0 Å². The third-order valence-electron chi connectivity index (χ3n) is 6.95. The van der Waals surface area contributed by atoms with Gasteiger partial charge in [-0.25, -0.2) is 9.98 Å². The van der Waals surface area contributed by atoms with E-state index in [0.29, 0.717) is 5.89 Å². The molecule has 0 aliphatic carbocycles. The maximum atomic E-state index is 6.05. The molecule has 0 fully saturated rings. The molecule has 1 N–H and O–H groups in total. The van der Waals surface area contributed by atoms with Gasteiger partial charge in [0.25, 0.3) is 0 Å². The molecule has 0 saturated carbocycles. The first-order valence-electron chi connectivity index (χ1n) is 13.0. The van der Waals surface area contributed by atoms with Crippen LogP contribution < -0.4 is 5.32 Å². The molecule has 39 heavy (non-hydrogen) atoms. The molecule has 1 unspecified atom stereocenters. The summed E-state index contributed by atoms with van der Waals surface area (Å²) >= 11 is 0. The van der Waals surface area contributed by atoms with Gasteiger partial charge in [0.05, 0.1) is 11.7 Å². The molecule has 2 heterocycles. The Labute approximate surface area is 227 Å². The first kappa shape index (κ1) is 22.9. The lowest BCUT2D eigenvalue weighted by Crippen LogP contribution is -2.31. The minimum absolute atomic E-state index is 0.0515. The summed E-state index contributed by atoms with van der Waals surface area (Å²) in [5.41, 5.74) is 9.08. The molecule has 1 aromatic heterocycles. The number of fused-ring (bicyclic) bond motifs is 1. The molecule has 1 aliphatic heterocycles. The summed E-state index contributed by atoms with van der Waals surface area (Å²) in [6.07, 6.45) is 2.20. The maximum Gasteiger partial charge on any atom is 0.227 e. The summed E-state index contributed by atoms with van der Waals surface area (Å²) in [7, 11) is 0. The number of para-hydroxylation sites is 2. The van der Waals surface area contributed by atoms with Crippen LogP contribution in [-0.2, 0) is 0 Å². The van der Waals surface area contributed by atoms with E-state index in [1.165, 1.54) is 16.7 Å². The summed E-state index contributed by atoms with van der Waals surface area (Å²) in [5, 5.41) is 3.69. The molecule has 186 valence electrons. The third-order valence-corrected chi connectivity index (χ3v) is 6.95. The number of hydrogen-bond donors (Lipinski definition) is 1. The van der Waals surface area contributed by atoms with Gasteiger partial charge in [0, 0.05) is 11.1 Å². The van der Waals surface area contributed by atoms with E-state index in [0.717, 1.165) is 39.3 Å². The van der Waals surface area contributed by atoms with Crippen molar-refractivity contribution in [2.75, 3.05) is 0 Å². The van der Waals surface area contributed by atoms with E-state index in [4.69, 9.17) is 14.4 Å². The van der Waals surface area contributed by atoms with Crippen molar-refractivity contribution in [3.63, 3.8) is 0 Å². The SMILES string of the molecule is C1=C(c2ccccc2)N=C(c2cccc(-c3nc4ccccc4o3)c2)NC1c1cccc(-c2ccccc2)c1. The average Bonchev–Trinajstić information content (AvgIpc) is 3.47. The van der Waals surface area contributed by atoms with E-state index < -0.39 is 0 Å². The molecule has 4 nitrogen and oxygen atoms in total. The van der Waals surface area contributed by atoms with Crippen LogP contribution in [0.25, 0.3) is 39.4 Å². The average molecular weight is 504 g/mol. The summed E-state index contributed by atoms with van der Waals surface area (Å²) < 4.78 is 6.05.